The third kappa shape index (κ3) is 3.24. The number of likely N-dealkylation sites (tertiary alicyclic amines) is 1. The molecule has 1 atom stereocenters. The average Bonchev–Trinajstić information content (AvgIpc) is 3.08. The number of amides is 1. The lowest BCUT2D eigenvalue weighted by Crippen LogP contribution is -2.38. The normalized spacial score (nSPS) is 18.6. The summed E-state index contributed by atoms with van der Waals surface area (Å²) >= 11 is 0. The highest BCUT2D eigenvalue weighted by Gasteiger charge is 2.31. The first kappa shape index (κ1) is 16.8. The first-order valence-corrected chi connectivity index (χ1v) is 9.92. The molecular weight excluding hydrogens is 326 g/mol. The van der Waals surface area contributed by atoms with Crippen LogP contribution >= 0.6 is 0 Å². The minimum absolute atomic E-state index is 0.0949. The Morgan fingerprint density at radius 2 is 2.04 bits per heavy atom. The van der Waals surface area contributed by atoms with E-state index in [9.17, 15) is 13.2 Å². The summed E-state index contributed by atoms with van der Waals surface area (Å²) in [6, 6.07) is 8.33. The third-order valence-corrected chi connectivity index (χ3v) is 5.61. The molecule has 1 saturated heterocycles. The Morgan fingerprint density at radius 3 is 2.71 bits per heavy atom. The molecule has 1 amide bonds. The van der Waals surface area contributed by atoms with E-state index in [4.69, 9.17) is 4.42 Å². The SMILES string of the molecule is Cc1ccc(S(C)(=O)=O)cc1C(=O)N1CCCCC1c1ccco1. The van der Waals surface area contributed by atoms with Gasteiger partial charge in [-0.2, -0.15) is 0 Å². The van der Waals surface area contributed by atoms with Gasteiger partial charge >= 0.3 is 0 Å². The molecule has 2 aromatic rings. The van der Waals surface area contributed by atoms with Gasteiger partial charge < -0.3 is 9.32 Å². The Hall–Kier alpha value is -2.08. The summed E-state index contributed by atoms with van der Waals surface area (Å²) in [5.41, 5.74) is 1.22. The summed E-state index contributed by atoms with van der Waals surface area (Å²) in [5, 5.41) is 0. The molecule has 6 heteroatoms. The van der Waals surface area contributed by atoms with Crippen LogP contribution in [0.15, 0.2) is 45.9 Å². The lowest BCUT2D eigenvalue weighted by atomic mass is 9.98. The summed E-state index contributed by atoms with van der Waals surface area (Å²) < 4.78 is 29.1. The summed E-state index contributed by atoms with van der Waals surface area (Å²) in [6.45, 7) is 2.47. The van der Waals surface area contributed by atoms with Crippen LogP contribution in [0.25, 0.3) is 0 Å². The molecule has 24 heavy (non-hydrogen) atoms. The molecule has 0 bridgehead atoms. The van der Waals surface area contributed by atoms with Gasteiger partial charge in [0.15, 0.2) is 9.84 Å². The zero-order chi connectivity index (χ0) is 17.3. The fourth-order valence-electron chi connectivity index (χ4n) is 3.17. The van der Waals surface area contributed by atoms with Crippen LogP contribution < -0.4 is 0 Å². The van der Waals surface area contributed by atoms with E-state index in [2.05, 4.69) is 0 Å². The molecule has 5 nitrogen and oxygen atoms in total. The molecule has 1 aromatic carbocycles. The molecule has 1 fully saturated rings. The van der Waals surface area contributed by atoms with Gasteiger partial charge in [-0.25, -0.2) is 8.42 Å². The highest BCUT2D eigenvalue weighted by Crippen LogP contribution is 2.33. The Morgan fingerprint density at radius 1 is 1.25 bits per heavy atom. The van der Waals surface area contributed by atoms with Crippen molar-refractivity contribution in [3.63, 3.8) is 0 Å². The number of carbonyl (C=O) groups excluding carboxylic acids is 1. The topological polar surface area (TPSA) is 67.6 Å². The summed E-state index contributed by atoms with van der Waals surface area (Å²) in [5.74, 6) is 0.638. The molecule has 1 aromatic heterocycles. The van der Waals surface area contributed by atoms with Crippen molar-refractivity contribution < 1.29 is 17.6 Å². The molecule has 3 rings (SSSR count). The lowest BCUT2D eigenvalue weighted by Gasteiger charge is -2.35. The van der Waals surface area contributed by atoms with E-state index in [1.165, 1.54) is 6.07 Å². The molecule has 1 aliphatic rings. The van der Waals surface area contributed by atoms with Crippen molar-refractivity contribution in [2.75, 3.05) is 12.8 Å². The Labute approximate surface area is 142 Å². The van der Waals surface area contributed by atoms with E-state index >= 15 is 0 Å². The number of piperidine rings is 1. The first-order chi connectivity index (χ1) is 11.4. The van der Waals surface area contributed by atoms with E-state index < -0.39 is 9.84 Å². The Bertz CT molecular complexity index is 840. The van der Waals surface area contributed by atoms with Crippen LogP contribution in [0.4, 0.5) is 0 Å². The molecule has 2 heterocycles. The molecule has 0 spiro atoms. The number of aryl methyl sites for hydroxylation is 1. The van der Waals surface area contributed by atoms with Crippen LogP contribution in [0.3, 0.4) is 0 Å². The van der Waals surface area contributed by atoms with Crippen molar-refractivity contribution in [3.05, 3.63) is 53.5 Å². The van der Waals surface area contributed by atoms with E-state index in [0.717, 1.165) is 36.8 Å². The standard InChI is InChI=1S/C18H21NO4S/c1-13-8-9-14(24(2,21)22)12-15(13)18(20)19-10-4-3-6-16(19)17-7-5-11-23-17/h5,7-9,11-12,16H,3-4,6,10H2,1-2H3. The van der Waals surface area contributed by atoms with Gasteiger partial charge in [0.2, 0.25) is 0 Å². The van der Waals surface area contributed by atoms with E-state index in [1.54, 1.807) is 23.3 Å². The van der Waals surface area contributed by atoms with Crippen LogP contribution in [-0.4, -0.2) is 32.0 Å². The van der Waals surface area contributed by atoms with Gasteiger partial charge in [-0.05, 0) is 56.0 Å². The number of furan rings is 1. The molecule has 0 aliphatic carbocycles. The summed E-state index contributed by atoms with van der Waals surface area (Å²) in [6.07, 6.45) is 5.59. The highest BCUT2D eigenvalue weighted by molar-refractivity contribution is 7.90. The molecule has 1 unspecified atom stereocenters. The van der Waals surface area contributed by atoms with Crippen molar-refractivity contribution in [1.29, 1.82) is 0 Å². The molecule has 0 radical (unpaired) electrons. The van der Waals surface area contributed by atoms with Crippen LogP contribution in [0.1, 0.15) is 47.0 Å². The summed E-state index contributed by atoms with van der Waals surface area (Å²) in [4.78, 5) is 15.1. The quantitative estimate of drug-likeness (QED) is 0.854. The second kappa shape index (κ2) is 6.43. The predicted octanol–water partition coefficient (Wildman–Crippen LogP) is 3.36. The van der Waals surface area contributed by atoms with Gasteiger partial charge in [0.25, 0.3) is 5.91 Å². The third-order valence-electron chi connectivity index (χ3n) is 4.50. The number of benzene rings is 1. The van der Waals surface area contributed by atoms with Crippen LogP contribution in [0.2, 0.25) is 0 Å². The monoisotopic (exact) mass is 347 g/mol. The van der Waals surface area contributed by atoms with E-state index in [0.29, 0.717) is 12.1 Å². The number of sulfone groups is 1. The molecular formula is C18H21NO4S. The lowest BCUT2D eigenvalue weighted by molar-refractivity contribution is 0.0579. The second-order valence-corrected chi connectivity index (χ2v) is 8.29. The molecule has 128 valence electrons. The van der Waals surface area contributed by atoms with Crippen LogP contribution in [0, 0.1) is 6.92 Å². The maximum atomic E-state index is 13.1. The minimum Gasteiger partial charge on any atom is -0.467 e. The van der Waals surface area contributed by atoms with Crippen molar-refractivity contribution >= 4 is 15.7 Å². The number of carbonyl (C=O) groups is 1. The maximum Gasteiger partial charge on any atom is 0.254 e. The van der Waals surface area contributed by atoms with Gasteiger partial charge in [-0.15, -0.1) is 0 Å². The number of hydrogen-bond donors (Lipinski definition) is 0. The number of hydrogen-bond acceptors (Lipinski definition) is 4. The molecule has 0 N–H and O–H groups in total. The van der Waals surface area contributed by atoms with E-state index in [-0.39, 0.29) is 16.8 Å². The zero-order valence-corrected chi connectivity index (χ0v) is 14.7. The van der Waals surface area contributed by atoms with Crippen LogP contribution in [0.5, 0.6) is 0 Å². The Kier molecular flexibility index (Phi) is 4.49. The average molecular weight is 347 g/mol. The van der Waals surface area contributed by atoms with Gasteiger partial charge in [0, 0.05) is 18.4 Å². The van der Waals surface area contributed by atoms with Crippen molar-refractivity contribution in [2.24, 2.45) is 0 Å². The predicted molar refractivity (Wildman–Crippen MR) is 90.6 cm³/mol. The smallest absolute Gasteiger partial charge is 0.254 e. The van der Waals surface area contributed by atoms with Gasteiger partial charge in [-0.1, -0.05) is 6.07 Å². The maximum absolute atomic E-state index is 13.1. The van der Waals surface area contributed by atoms with Crippen LogP contribution in [-0.2, 0) is 9.84 Å². The van der Waals surface area contributed by atoms with Crippen molar-refractivity contribution in [2.45, 2.75) is 37.1 Å². The first-order valence-electron chi connectivity index (χ1n) is 8.03. The van der Waals surface area contributed by atoms with E-state index in [1.807, 2.05) is 19.1 Å². The largest absolute Gasteiger partial charge is 0.467 e. The highest BCUT2D eigenvalue weighted by atomic mass is 32.2. The second-order valence-electron chi connectivity index (χ2n) is 6.27. The fraction of sp³-hybridized carbons (Fsp3) is 0.389. The van der Waals surface area contributed by atoms with Gasteiger partial charge in [-0.3, -0.25) is 4.79 Å². The number of nitrogens with zero attached hydrogens (tertiary/aromatic N) is 1. The number of rotatable bonds is 3. The Balaban J connectivity index is 1.98. The summed E-state index contributed by atoms with van der Waals surface area (Å²) in [7, 11) is -3.35. The van der Waals surface area contributed by atoms with Crippen molar-refractivity contribution in [3.8, 4) is 0 Å². The molecule has 0 saturated carbocycles. The minimum atomic E-state index is -3.35. The van der Waals surface area contributed by atoms with Crippen molar-refractivity contribution in [1.82, 2.24) is 4.90 Å². The fourth-order valence-corrected chi connectivity index (χ4v) is 3.82. The zero-order valence-electron chi connectivity index (χ0n) is 13.9. The van der Waals surface area contributed by atoms with Gasteiger partial charge in [0.1, 0.15) is 5.76 Å². The molecule has 1 aliphatic heterocycles. The van der Waals surface area contributed by atoms with Gasteiger partial charge in [0.05, 0.1) is 17.2 Å².